The van der Waals surface area contributed by atoms with Crippen LogP contribution in [-0.4, -0.2) is 26.9 Å². The Morgan fingerprint density at radius 2 is 1.96 bits per heavy atom. The largest absolute Gasteiger partial charge is 0.368 e. The van der Waals surface area contributed by atoms with E-state index in [4.69, 9.17) is 4.52 Å². The second-order valence-corrected chi connectivity index (χ2v) is 6.45. The molecule has 1 aliphatic rings. The van der Waals surface area contributed by atoms with E-state index in [1.54, 1.807) is 0 Å². The second kappa shape index (κ2) is 5.61. The van der Waals surface area contributed by atoms with Crippen LogP contribution in [0.25, 0.3) is 22.4 Å². The number of benzene rings is 1. The van der Waals surface area contributed by atoms with E-state index in [0.717, 1.165) is 41.8 Å². The molecule has 1 aromatic carbocycles. The molecule has 1 aliphatic carbocycles. The van der Waals surface area contributed by atoms with Crippen molar-refractivity contribution in [2.24, 2.45) is 5.92 Å². The van der Waals surface area contributed by atoms with Crippen LogP contribution in [0.2, 0.25) is 0 Å². The van der Waals surface area contributed by atoms with E-state index in [1.807, 2.05) is 24.3 Å². The number of anilines is 1. The summed E-state index contributed by atoms with van der Waals surface area (Å²) in [7, 11) is 0. The minimum absolute atomic E-state index is 0.450. The normalized spacial score (nSPS) is 14.6. The zero-order valence-corrected chi connectivity index (χ0v) is 13.3. The standard InChI is InChI=1S/C17H19N5O/c1-10(2)9-18-16-13-6-4-3-5-12(13)14(20-21-16)17-19-15(22-23-17)11-7-8-11/h3-6,10-11H,7-9H2,1-2H3,(H,18,21). The van der Waals surface area contributed by atoms with E-state index in [0.29, 0.717) is 23.4 Å². The average Bonchev–Trinajstić information content (AvgIpc) is 3.30. The first-order valence-corrected chi connectivity index (χ1v) is 8.05. The van der Waals surface area contributed by atoms with Crippen LogP contribution < -0.4 is 5.32 Å². The lowest BCUT2D eigenvalue weighted by Crippen LogP contribution is -2.10. The number of hydrogen-bond acceptors (Lipinski definition) is 6. The SMILES string of the molecule is CC(C)CNc1nnc(-c2nc(C3CC3)no2)c2ccccc12. The lowest BCUT2D eigenvalue weighted by Gasteiger charge is -2.11. The highest BCUT2D eigenvalue weighted by molar-refractivity contribution is 5.98. The average molecular weight is 309 g/mol. The van der Waals surface area contributed by atoms with Gasteiger partial charge in [0.1, 0.15) is 0 Å². The van der Waals surface area contributed by atoms with Gasteiger partial charge in [-0.25, -0.2) is 0 Å². The number of nitrogens with one attached hydrogen (secondary N) is 1. The molecular formula is C17H19N5O. The molecule has 6 heteroatoms. The third-order valence-electron chi connectivity index (χ3n) is 3.95. The van der Waals surface area contributed by atoms with E-state index in [9.17, 15) is 0 Å². The van der Waals surface area contributed by atoms with Crippen molar-refractivity contribution in [2.75, 3.05) is 11.9 Å². The third-order valence-corrected chi connectivity index (χ3v) is 3.95. The molecule has 23 heavy (non-hydrogen) atoms. The van der Waals surface area contributed by atoms with Crippen LogP contribution in [0.4, 0.5) is 5.82 Å². The Morgan fingerprint density at radius 1 is 1.17 bits per heavy atom. The van der Waals surface area contributed by atoms with Crippen LogP contribution in [0, 0.1) is 5.92 Å². The topological polar surface area (TPSA) is 76.7 Å². The Labute approximate surface area is 134 Å². The van der Waals surface area contributed by atoms with Gasteiger partial charge in [0.05, 0.1) is 0 Å². The van der Waals surface area contributed by atoms with Crippen molar-refractivity contribution >= 4 is 16.6 Å². The van der Waals surface area contributed by atoms with E-state index in [1.165, 1.54) is 0 Å². The highest BCUT2D eigenvalue weighted by atomic mass is 16.5. The van der Waals surface area contributed by atoms with Crippen molar-refractivity contribution in [1.29, 1.82) is 0 Å². The maximum absolute atomic E-state index is 5.41. The molecule has 0 unspecified atom stereocenters. The fraction of sp³-hybridized carbons (Fsp3) is 0.412. The Kier molecular flexibility index (Phi) is 3.44. The maximum Gasteiger partial charge on any atom is 0.279 e. The highest BCUT2D eigenvalue weighted by Gasteiger charge is 2.29. The summed E-state index contributed by atoms with van der Waals surface area (Å²) in [6.07, 6.45) is 2.28. The predicted octanol–water partition coefficient (Wildman–Crippen LogP) is 3.63. The number of fused-ring (bicyclic) bond motifs is 1. The van der Waals surface area contributed by atoms with Crippen molar-refractivity contribution in [1.82, 2.24) is 20.3 Å². The minimum atomic E-state index is 0.450. The molecule has 1 fully saturated rings. The van der Waals surface area contributed by atoms with Crippen molar-refractivity contribution in [3.8, 4) is 11.6 Å². The van der Waals surface area contributed by atoms with Gasteiger partial charge in [0.25, 0.3) is 5.89 Å². The molecule has 118 valence electrons. The molecule has 2 heterocycles. The molecule has 4 rings (SSSR count). The summed E-state index contributed by atoms with van der Waals surface area (Å²) >= 11 is 0. The summed E-state index contributed by atoms with van der Waals surface area (Å²) in [4.78, 5) is 4.50. The van der Waals surface area contributed by atoms with E-state index in [-0.39, 0.29) is 0 Å². The third kappa shape index (κ3) is 2.76. The molecule has 0 radical (unpaired) electrons. The maximum atomic E-state index is 5.41. The summed E-state index contributed by atoms with van der Waals surface area (Å²) in [6.45, 7) is 5.17. The smallest absolute Gasteiger partial charge is 0.279 e. The monoisotopic (exact) mass is 309 g/mol. The number of aromatic nitrogens is 4. The zero-order chi connectivity index (χ0) is 15.8. The first kappa shape index (κ1) is 14.1. The van der Waals surface area contributed by atoms with Crippen molar-refractivity contribution in [2.45, 2.75) is 32.6 Å². The zero-order valence-electron chi connectivity index (χ0n) is 13.3. The first-order chi connectivity index (χ1) is 11.2. The lowest BCUT2D eigenvalue weighted by atomic mass is 10.1. The van der Waals surface area contributed by atoms with Crippen molar-refractivity contribution in [3.63, 3.8) is 0 Å². The van der Waals surface area contributed by atoms with Gasteiger partial charge in [0.15, 0.2) is 17.3 Å². The Hall–Kier alpha value is -2.50. The fourth-order valence-electron chi connectivity index (χ4n) is 2.53. The van der Waals surface area contributed by atoms with Crippen LogP contribution in [0.15, 0.2) is 28.8 Å². The van der Waals surface area contributed by atoms with Gasteiger partial charge in [-0.2, -0.15) is 4.98 Å². The van der Waals surface area contributed by atoms with E-state index < -0.39 is 0 Å². The molecule has 3 aromatic rings. The molecule has 0 atom stereocenters. The van der Waals surface area contributed by atoms with Gasteiger partial charge in [0, 0.05) is 23.2 Å². The summed E-state index contributed by atoms with van der Waals surface area (Å²) in [6, 6.07) is 8.03. The van der Waals surface area contributed by atoms with Crippen molar-refractivity contribution in [3.05, 3.63) is 30.1 Å². The molecule has 0 saturated heterocycles. The Balaban J connectivity index is 1.76. The first-order valence-electron chi connectivity index (χ1n) is 8.05. The highest BCUT2D eigenvalue weighted by Crippen LogP contribution is 2.39. The lowest BCUT2D eigenvalue weighted by molar-refractivity contribution is 0.421. The van der Waals surface area contributed by atoms with Gasteiger partial charge in [-0.1, -0.05) is 43.3 Å². The molecular weight excluding hydrogens is 290 g/mol. The Bertz CT molecular complexity index is 838. The summed E-state index contributed by atoms with van der Waals surface area (Å²) in [5, 5.41) is 18.1. The molecule has 0 bridgehead atoms. The van der Waals surface area contributed by atoms with Crippen LogP contribution in [0.3, 0.4) is 0 Å². The quantitative estimate of drug-likeness (QED) is 0.775. The minimum Gasteiger partial charge on any atom is -0.368 e. The predicted molar refractivity (Wildman–Crippen MR) is 88.1 cm³/mol. The van der Waals surface area contributed by atoms with Gasteiger partial charge in [0.2, 0.25) is 0 Å². The van der Waals surface area contributed by atoms with Gasteiger partial charge in [-0.15, -0.1) is 10.2 Å². The van der Waals surface area contributed by atoms with Gasteiger partial charge in [-0.3, -0.25) is 0 Å². The molecule has 1 saturated carbocycles. The molecule has 6 nitrogen and oxygen atoms in total. The second-order valence-electron chi connectivity index (χ2n) is 6.45. The molecule has 0 spiro atoms. The summed E-state index contributed by atoms with van der Waals surface area (Å²) in [5.74, 6) is 3.02. The number of nitrogens with zero attached hydrogens (tertiary/aromatic N) is 4. The fourth-order valence-corrected chi connectivity index (χ4v) is 2.53. The van der Waals surface area contributed by atoms with E-state index >= 15 is 0 Å². The molecule has 0 aliphatic heterocycles. The Morgan fingerprint density at radius 3 is 2.70 bits per heavy atom. The molecule has 0 amide bonds. The number of hydrogen-bond donors (Lipinski definition) is 1. The summed E-state index contributed by atoms with van der Waals surface area (Å²) < 4.78 is 5.41. The van der Waals surface area contributed by atoms with Crippen LogP contribution in [-0.2, 0) is 0 Å². The molecule has 1 N–H and O–H groups in total. The summed E-state index contributed by atoms with van der Waals surface area (Å²) in [5.41, 5.74) is 0.648. The number of rotatable bonds is 5. The van der Waals surface area contributed by atoms with E-state index in [2.05, 4.69) is 39.5 Å². The molecule has 2 aromatic heterocycles. The van der Waals surface area contributed by atoms with Crippen LogP contribution >= 0.6 is 0 Å². The van der Waals surface area contributed by atoms with Gasteiger partial charge < -0.3 is 9.84 Å². The van der Waals surface area contributed by atoms with Crippen LogP contribution in [0.5, 0.6) is 0 Å². The van der Waals surface area contributed by atoms with Gasteiger partial charge in [-0.05, 0) is 18.8 Å². The van der Waals surface area contributed by atoms with Gasteiger partial charge >= 0.3 is 0 Å². The van der Waals surface area contributed by atoms with Crippen LogP contribution in [0.1, 0.15) is 38.4 Å². The van der Waals surface area contributed by atoms with Crippen molar-refractivity contribution < 1.29 is 4.52 Å².